The molecule has 0 aliphatic rings. The summed E-state index contributed by atoms with van der Waals surface area (Å²) >= 11 is 0.929. The molecule has 33 heavy (non-hydrogen) atoms. The smallest absolute Gasteiger partial charge is 0.274 e. The molecular weight excluding hydrogens is 466 g/mol. The summed E-state index contributed by atoms with van der Waals surface area (Å²) in [6, 6.07) is 5.12. The van der Waals surface area contributed by atoms with Crippen LogP contribution in [0.2, 0.25) is 0 Å². The normalized spacial score (nSPS) is 11.7. The largest absolute Gasteiger partial charge is 0.437 e. The summed E-state index contributed by atoms with van der Waals surface area (Å²) in [5.41, 5.74) is 1.64. The second-order valence-electron chi connectivity index (χ2n) is 7.45. The molecule has 0 radical (unpaired) electrons. The molecule has 0 aliphatic heterocycles. The summed E-state index contributed by atoms with van der Waals surface area (Å²) in [5.74, 6) is 0.169. The predicted octanol–water partition coefficient (Wildman–Crippen LogP) is 2.41. The number of hydrogen-bond donors (Lipinski definition) is 3. The summed E-state index contributed by atoms with van der Waals surface area (Å²) in [7, 11) is -1.00. The molecule has 0 bridgehead atoms. The SMILES string of the molecule is CNC(=O)c1cc2c(-c3sc(S(N)(=O)=O)c(C)c3Oc3ncccc3C)cn(C)c(=O)c2[nH]1. The van der Waals surface area contributed by atoms with Crippen LogP contribution in [0.5, 0.6) is 11.6 Å². The van der Waals surface area contributed by atoms with Gasteiger partial charge in [0.15, 0.2) is 5.75 Å². The van der Waals surface area contributed by atoms with Gasteiger partial charge in [-0.05, 0) is 26.0 Å². The van der Waals surface area contributed by atoms with Crippen molar-refractivity contribution in [1.29, 1.82) is 0 Å². The van der Waals surface area contributed by atoms with Crippen molar-refractivity contribution in [2.24, 2.45) is 12.2 Å². The van der Waals surface area contributed by atoms with Crippen molar-refractivity contribution in [2.75, 3.05) is 7.05 Å². The summed E-state index contributed by atoms with van der Waals surface area (Å²) in [6.45, 7) is 3.41. The number of thiophene rings is 1. The first kappa shape index (κ1) is 22.7. The average molecular weight is 488 g/mol. The second-order valence-corrected chi connectivity index (χ2v) is 10.2. The Morgan fingerprint density at radius 1 is 1.33 bits per heavy atom. The monoisotopic (exact) mass is 487 g/mol. The van der Waals surface area contributed by atoms with Gasteiger partial charge in [-0.25, -0.2) is 18.5 Å². The number of aromatic amines is 1. The van der Waals surface area contributed by atoms with E-state index >= 15 is 0 Å². The van der Waals surface area contributed by atoms with Crippen LogP contribution in [0.25, 0.3) is 21.3 Å². The van der Waals surface area contributed by atoms with Crippen molar-refractivity contribution in [2.45, 2.75) is 18.1 Å². The number of H-pyrrole nitrogens is 1. The summed E-state index contributed by atoms with van der Waals surface area (Å²) in [4.78, 5) is 32.5. The molecule has 0 spiro atoms. The lowest BCUT2D eigenvalue weighted by atomic mass is 10.1. The third kappa shape index (κ3) is 3.92. The third-order valence-corrected chi connectivity index (χ3v) is 8.02. The first-order valence-corrected chi connectivity index (χ1v) is 12.1. The van der Waals surface area contributed by atoms with Gasteiger partial charge >= 0.3 is 0 Å². The highest BCUT2D eigenvalue weighted by Crippen LogP contribution is 2.47. The fourth-order valence-electron chi connectivity index (χ4n) is 3.50. The molecule has 0 saturated heterocycles. The van der Waals surface area contributed by atoms with E-state index in [0.29, 0.717) is 27.3 Å². The number of nitrogens with zero attached hydrogens (tertiary/aromatic N) is 2. The standard InChI is InChI=1S/C21H21N5O5S2/c1-10-6-5-7-24-19(10)31-16-11(2)21(33(22,29)30)32-17(16)13-9-26(4)20(28)15-12(13)8-14(25-15)18(27)23-3/h5-9,25H,1-4H3,(H,23,27)(H2,22,29,30). The highest BCUT2D eigenvalue weighted by atomic mass is 32.2. The van der Waals surface area contributed by atoms with Gasteiger partial charge in [0.1, 0.15) is 15.4 Å². The van der Waals surface area contributed by atoms with Crippen LogP contribution in [0, 0.1) is 13.8 Å². The van der Waals surface area contributed by atoms with Crippen molar-refractivity contribution < 1.29 is 17.9 Å². The Morgan fingerprint density at radius 2 is 2.06 bits per heavy atom. The molecule has 4 rings (SSSR count). The molecular formula is C21H21N5O5S2. The quantitative estimate of drug-likeness (QED) is 0.393. The van der Waals surface area contributed by atoms with Gasteiger partial charge in [-0.2, -0.15) is 0 Å². The van der Waals surface area contributed by atoms with Crippen molar-refractivity contribution in [3.8, 4) is 22.1 Å². The van der Waals surface area contributed by atoms with E-state index in [1.807, 2.05) is 13.0 Å². The second kappa shape index (κ2) is 8.14. The zero-order valence-electron chi connectivity index (χ0n) is 18.2. The number of sulfonamides is 1. The molecule has 10 nitrogen and oxygen atoms in total. The number of nitrogens with two attached hydrogens (primary N) is 1. The first-order valence-electron chi connectivity index (χ1n) is 9.73. The van der Waals surface area contributed by atoms with E-state index in [4.69, 9.17) is 9.88 Å². The Hall–Kier alpha value is -3.48. The molecule has 172 valence electrons. The zero-order chi connectivity index (χ0) is 24.1. The number of ether oxygens (including phenoxy) is 1. The minimum absolute atomic E-state index is 0.0647. The van der Waals surface area contributed by atoms with E-state index in [2.05, 4.69) is 15.3 Å². The van der Waals surface area contributed by atoms with E-state index in [-0.39, 0.29) is 26.7 Å². The van der Waals surface area contributed by atoms with Gasteiger partial charge < -0.3 is 19.6 Å². The fraction of sp³-hybridized carbons (Fsp3) is 0.190. The molecule has 4 N–H and O–H groups in total. The van der Waals surface area contributed by atoms with E-state index in [1.165, 1.54) is 11.6 Å². The number of aromatic nitrogens is 3. The molecule has 0 aliphatic carbocycles. The van der Waals surface area contributed by atoms with E-state index in [9.17, 15) is 18.0 Å². The molecule has 1 amide bonds. The highest BCUT2D eigenvalue weighted by Gasteiger charge is 2.27. The molecule has 4 aromatic rings. The lowest BCUT2D eigenvalue weighted by molar-refractivity contribution is 0.0959. The number of pyridine rings is 2. The minimum atomic E-state index is -4.05. The molecule has 0 saturated carbocycles. The number of hydrogen-bond acceptors (Lipinski definition) is 7. The Kier molecular flexibility index (Phi) is 5.60. The Bertz CT molecular complexity index is 1580. The Morgan fingerprint density at radius 3 is 2.70 bits per heavy atom. The molecule has 0 fully saturated rings. The number of fused-ring (bicyclic) bond motifs is 1. The van der Waals surface area contributed by atoms with Gasteiger partial charge in [-0.3, -0.25) is 9.59 Å². The molecule has 0 unspecified atom stereocenters. The van der Waals surface area contributed by atoms with Crippen LogP contribution in [0.3, 0.4) is 0 Å². The summed E-state index contributed by atoms with van der Waals surface area (Å²) in [5, 5.41) is 8.43. The van der Waals surface area contributed by atoms with Gasteiger partial charge in [-0.1, -0.05) is 6.07 Å². The van der Waals surface area contributed by atoms with Gasteiger partial charge in [0.25, 0.3) is 11.5 Å². The summed E-state index contributed by atoms with van der Waals surface area (Å²) in [6.07, 6.45) is 3.14. The van der Waals surface area contributed by atoms with Crippen LogP contribution in [-0.2, 0) is 17.1 Å². The van der Waals surface area contributed by atoms with Crippen LogP contribution < -0.4 is 20.8 Å². The van der Waals surface area contributed by atoms with Crippen LogP contribution in [-0.4, -0.2) is 35.9 Å². The van der Waals surface area contributed by atoms with E-state index in [1.54, 1.807) is 38.5 Å². The van der Waals surface area contributed by atoms with Crippen LogP contribution in [0.4, 0.5) is 0 Å². The van der Waals surface area contributed by atoms with Gasteiger partial charge in [0.2, 0.25) is 15.9 Å². The van der Waals surface area contributed by atoms with Gasteiger partial charge in [-0.15, -0.1) is 11.3 Å². The molecule has 12 heteroatoms. The van der Waals surface area contributed by atoms with Crippen LogP contribution >= 0.6 is 11.3 Å². The zero-order valence-corrected chi connectivity index (χ0v) is 19.8. The van der Waals surface area contributed by atoms with E-state index in [0.717, 1.165) is 16.9 Å². The maximum atomic E-state index is 12.7. The van der Waals surface area contributed by atoms with Crippen molar-refractivity contribution >= 4 is 38.2 Å². The highest BCUT2D eigenvalue weighted by molar-refractivity contribution is 7.91. The number of rotatable bonds is 5. The topological polar surface area (TPSA) is 149 Å². The van der Waals surface area contributed by atoms with Crippen molar-refractivity contribution in [3.05, 3.63) is 57.8 Å². The molecule has 4 aromatic heterocycles. The first-order chi connectivity index (χ1) is 15.5. The molecule has 0 aromatic carbocycles. The van der Waals surface area contributed by atoms with Crippen molar-refractivity contribution in [1.82, 2.24) is 19.9 Å². The lowest BCUT2D eigenvalue weighted by Crippen LogP contribution is -2.19. The maximum Gasteiger partial charge on any atom is 0.274 e. The maximum absolute atomic E-state index is 12.7. The van der Waals surface area contributed by atoms with Crippen LogP contribution in [0.15, 0.2) is 39.6 Å². The minimum Gasteiger partial charge on any atom is -0.437 e. The molecule has 4 heterocycles. The Labute approximate surface area is 193 Å². The number of carbonyl (C=O) groups excluding carboxylic acids is 1. The number of primary sulfonamides is 1. The van der Waals surface area contributed by atoms with Gasteiger partial charge in [0, 0.05) is 48.6 Å². The number of carbonyl (C=O) groups is 1. The fourth-order valence-corrected chi connectivity index (χ4v) is 5.72. The average Bonchev–Trinajstić information content (AvgIpc) is 3.34. The summed E-state index contributed by atoms with van der Waals surface area (Å²) < 4.78 is 32.0. The van der Waals surface area contributed by atoms with Gasteiger partial charge in [0.05, 0.1) is 4.88 Å². The Balaban J connectivity index is 2.05. The van der Waals surface area contributed by atoms with Crippen molar-refractivity contribution in [3.63, 3.8) is 0 Å². The van der Waals surface area contributed by atoms with E-state index < -0.39 is 15.9 Å². The lowest BCUT2D eigenvalue weighted by Gasteiger charge is -2.11. The van der Waals surface area contributed by atoms with Crippen LogP contribution in [0.1, 0.15) is 21.6 Å². The predicted molar refractivity (Wildman–Crippen MR) is 125 cm³/mol. The number of aryl methyl sites for hydroxylation is 2. The number of nitrogens with one attached hydrogen (secondary N) is 2. The number of amides is 1. The molecule has 0 atom stereocenters. The third-order valence-electron chi connectivity index (χ3n) is 5.15.